The van der Waals surface area contributed by atoms with E-state index < -0.39 is 0 Å². The third-order valence-electron chi connectivity index (χ3n) is 4.96. The Morgan fingerprint density at radius 1 is 1.00 bits per heavy atom. The van der Waals surface area contributed by atoms with Crippen LogP contribution in [-0.2, 0) is 5.41 Å². The maximum absolute atomic E-state index is 14.1. The van der Waals surface area contributed by atoms with Gasteiger partial charge < -0.3 is 0 Å². The van der Waals surface area contributed by atoms with E-state index in [1.54, 1.807) is 12.1 Å². The first-order chi connectivity index (χ1) is 10.8. The predicted octanol–water partition coefficient (Wildman–Crippen LogP) is 6.63. The normalized spacial score (nSPS) is 13.3. The maximum Gasteiger partial charge on any atom is 0.126 e. The summed E-state index contributed by atoms with van der Waals surface area (Å²) in [7, 11) is 0. The van der Waals surface area contributed by atoms with Gasteiger partial charge in [-0.1, -0.05) is 75.7 Å². The van der Waals surface area contributed by atoms with E-state index in [1.807, 2.05) is 12.1 Å². The number of aryl methyl sites for hydroxylation is 1. The van der Waals surface area contributed by atoms with Crippen molar-refractivity contribution in [2.24, 2.45) is 5.92 Å². The third kappa shape index (κ3) is 4.43. The Morgan fingerprint density at radius 2 is 1.70 bits per heavy atom. The fourth-order valence-corrected chi connectivity index (χ4v) is 3.45. The van der Waals surface area contributed by atoms with E-state index in [9.17, 15) is 4.39 Å². The van der Waals surface area contributed by atoms with E-state index >= 15 is 0 Å². The van der Waals surface area contributed by atoms with Gasteiger partial charge >= 0.3 is 0 Å². The lowest BCUT2D eigenvalue weighted by atomic mass is 9.75. The second-order valence-corrected chi connectivity index (χ2v) is 7.67. The smallest absolute Gasteiger partial charge is 0.126 e. The summed E-state index contributed by atoms with van der Waals surface area (Å²) in [6.07, 6.45) is 2.05. The monoisotopic (exact) mass is 312 g/mol. The summed E-state index contributed by atoms with van der Waals surface area (Å²) in [6.45, 7) is 11.0. The van der Waals surface area contributed by atoms with Gasteiger partial charge in [-0.3, -0.25) is 0 Å². The van der Waals surface area contributed by atoms with E-state index in [-0.39, 0.29) is 11.2 Å². The third-order valence-corrected chi connectivity index (χ3v) is 4.96. The molecule has 0 N–H and O–H groups in total. The molecule has 0 aliphatic heterocycles. The fourth-order valence-electron chi connectivity index (χ4n) is 3.45. The Hall–Kier alpha value is -1.63. The quantitative estimate of drug-likeness (QED) is 0.561. The summed E-state index contributed by atoms with van der Waals surface area (Å²) in [5, 5.41) is 0. The van der Waals surface area contributed by atoms with Crippen molar-refractivity contribution in [3.05, 3.63) is 71.0 Å². The van der Waals surface area contributed by atoms with Gasteiger partial charge in [0.15, 0.2) is 0 Å². The van der Waals surface area contributed by atoms with Crippen molar-refractivity contribution in [2.45, 2.75) is 58.8 Å². The zero-order valence-electron chi connectivity index (χ0n) is 15.1. The second kappa shape index (κ2) is 7.29. The summed E-state index contributed by atoms with van der Waals surface area (Å²) in [6, 6.07) is 16.0. The number of halogens is 1. The number of hydrogen-bond acceptors (Lipinski definition) is 0. The highest BCUT2D eigenvalue weighted by atomic mass is 19.1. The van der Waals surface area contributed by atoms with E-state index in [0.717, 1.165) is 18.4 Å². The van der Waals surface area contributed by atoms with E-state index in [4.69, 9.17) is 0 Å². The molecule has 0 aliphatic carbocycles. The van der Waals surface area contributed by atoms with Crippen LogP contribution in [0.4, 0.5) is 4.39 Å². The molecule has 0 bridgehead atoms. The highest BCUT2D eigenvalue weighted by molar-refractivity contribution is 5.28. The molecule has 1 atom stereocenters. The first-order valence-electron chi connectivity index (χ1n) is 8.63. The van der Waals surface area contributed by atoms with Crippen molar-refractivity contribution < 1.29 is 4.39 Å². The zero-order chi connectivity index (χ0) is 17.0. The average molecular weight is 312 g/mol. The SMILES string of the molecule is Cc1cccc(C(CCC(C)(C)c2ccccc2F)C(C)C)c1. The molecule has 0 nitrogen and oxygen atoms in total. The van der Waals surface area contributed by atoms with Crippen LogP contribution >= 0.6 is 0 Å². The van der Waals surface area contributed by atoms with Crippen LogP contribution in [0.15, 0.2) is 48.5 Å². The van der Waals surface area contributed by atoms with Crippen LogP contribution in [0.5, 0.6) is 0 Å². The standard InChI is InChI=1S/C22H29F/c1-16(2)19(18-10-8-9-17(3)15-18)13-14-22(4,5)20-11-6-7-12-21(20)23/h6-12,15-16,19H,13-14H2,1-5H3. The Bertz CT molecular complexity index is 640. The fraction of sp³-hybridized carbons (Fsp3) is 0.455. The molecule has 0 amide bonds. The summed E-state index contributed by atoms with van der Waals surface area (Å²) >= 11 is 0. The van der Waals surface area contributed by atoms with Gasteiger partial charge in [0, 0.05) is 0 Å². The summed E-state index contributed by atoms with van der Waals surface area (Å²) in [5.41, 5.74) is 3.39. The summed E-state index contributed by atoms with van der Waals surface area (Å²) in [4.78, 5) is 0. The van der Waals surface area contributed by atoms with Crippen molar-refractivity contribution in [3.8, 4) is 0 Å². The zero-order valence-corrected chi connectivity index (χ0v) is 15.1. The van der Waals surface area contributed by atoms with Crippen LogP contribution in [0.1, 0.15) is 63.1 Å². The van der Waals surface area contributed by atoms with Gasteiger partial charge in [0.05, 0.1) is 0 Å². The predicted molar refractivity (Wildman–Crippen MR) is 97.4 cm³/mol. The summed E-state index contributed by atoms with van der Waals surface area (Å²) in [5.74, 6) is 1.00. The highest BCUT2D eigenvalue weighted by Crippen LogP contribution is 2.37. The molecule has 0 heterocycles. The number of benzene rings is 2. The second-order valence-electron chi connectivity index (χ2n) is 7.67. The molecule has 0 radical (unpaired) electrons. The molecule has 23 heavy (non-hydrogen) atoms. The molecule has 1 heteroatoms. The van der Waals surface area contributed by atoms with Gasteiger partial charge in [-0.2, -0.15) is 0 Å². The van der Waals surface area contributed by atoms with Crippen LogP contribution in [0.25, 0.3) is 0 Å². The van der Waals surface area contributed by atoms with Crippen LogP contribution in [0, 0.1) is 18.7 Å². The molecule has 124 valence electrons. The van der Waals surface area contributed by atoms with Crippen LogP contribution in [0.3, 0.4) is 0 Å². The van der Waals surface area contributed by atoms with Gasteiger partial charge in [-0.05, 0) is 54.2 Å². The first kappa shape index (κ1) is 17.7. The molecule has 0 saturated carbocycles. The molecule has 0 fully saturated rings. The maximum atomic E-state index is 14.1. The van der Waals surface area contributed by atoms with Crippen LogP contribution in [0.2, 0.25) is 0 Å². The minimum Gasteiger partial charge on any atom is -0.207 e. The van der Waals surface area contributed by atoms with Crippen molar-refractivity contribution >= 4 is 0 Å². The van der Waals surface area contributed by atoms with Gasteiger partial charge in [-0.25, -0.2) is 4.39 Å². The molecular formula is C22H29F. The first-order valence-corrected chi connectivity index (χ1v) is 8.63. The molecule has 2 aromatic rings. The Balaban J connectivity index is 2.17. The topological polar surface area (TPSA) is 0 Å². The van der Waals surface area contributed by atoms with Gasteiger partial charge in [0.25, 0.3) is 0 Å². The van der Waals surface area contributed by atoms with E-state index in [2.05, 4.69) is 58.9 Å². The largest absolute Gasteiger partial charge is 0.207 e. The molecule has 0 saturated heterocycles. The van der Waals surface area contributed by atoms with Crippen molar-refractivity contribution in [1.29, 1.82) is 0 Å². The van der Waals surface area contributed by atoms with Crippen molar-refractivity contribution in [1.82, 2.24) is 0 Å². The number of hydrogen-bond donors (Lipinski definition) is 0. The van der Waals surface area contributed by atoms with Gasteiger partial charge in [-0.15, -0.1) is 0 Å². The number of rotatable bonds is 6. The van der Waals surface area contributed by atoms with Crippen LogP contribution < -0.4 is 0 Å². The Kier molecular flexibility index (Phi) is 5.62. The lowest BCUT2D eigenvalue weighted by Gasteiger charge is -2.30. The highest BCUT2D eigenvalue weighted by Gasteiger charge is 2.26. The summed E-state index contributed by atoms with van der Waals surface area (Å²) < 4.78 is 14.1. The molecular weight excluding hydrogens is 283 g/mol. The lowest BCUT2D eigenvalue weighted by molar-refractivity contribution is 0.375. The molecule has 1 unspecified atom stereocenters. The Labute approximate surface area is 140 Å². The van der Waals surface area contributed by atoms with Crippen LogP contribution in [-0.4, -0.2) is 0 Å². The molecule has 0 aromatic heterocycles. The minimum absolute atomic E-state index is 0.0887. The minimum atomic E-state index is -0.150. The van der Waals surface area contributed by atoms with Crippen molar-refractivity contribution in [3.63, 3.8) is 0 Å². The average Bonchev–Trinajstić information content (AvgIpc) is 2.47. The van der Waals surface area contributed by atoms with Gasteiger partial charge in [0.1, 0.15) is 5.82 Å². The lowest BCUT2D eigenvalue weighted by Crippen LogP contribution is -2.21. The molecule has 2 aromatic carbocycles. The van der Waals surface area contributed by atoms with E-state index in [0.29, 0.717) is 11.8 Å². The van der Waals surface area contributed by atoms with E-state index in [1.165, 1.54) is 11.1 Å². The molecule has 0 aliphatic rings. The van der Waals surface area contributed by atoms with Crippen molar-refractivity contribution in [2.75, 3.05) is 0 Å². The van der Waals surface area contributed by atoms with Gasteiger partial charge in [0.2, 0.25) is 0 Å². The Morgan fingerprint density at radius 3 is 2.30 bits per heavy atom. The molecule has 0 spiro atoms. The molecule has 2 rings (SSSR count).